The summed E-state index contributed by atoms with van der Waals surface area (Å²) in [5.41, 5.74) is 1.92. The molecule has 0 radical (unpaired) electrons. The van der Waals surface area contributed by atoms with E-state index in [0.717, 1.165) is 11.1 Å². The van der Waals surface area contributed by atoms with Crippen molar-refractivity contribution in [2.45, 2.75) is 13.0 Å². The summed E-state index contributed by atoms with van der Waals surface area (Å²) in [6.45, 7) is 0.732. The fourth-order valence-electron chi connectivity index (χ4n) is 1.80. The molecule has 0 saturated carbocycles. The quantitative estimate of drug-likeness (QED) is 0.879. The lowest BCUT2D eigenvalue weighted by atomic mass is 10.1. The number of carbonyl (C=O) groups is 1. The van der Waals surface area contributed by atoms with Crippen LogP contribution in [0.5, 0.6) is 5.75 Å². The highest BCUT2D eigenvalue weighted by Gasteiger charge is 2.02. The van der Waals surface area contributed by atoms with Crippen molar-refractivity contribution >= 4 is 6.09 Å². The van der Waals surface area contributed by atoms with Gasteiger partial charge in [-0.25, -0.2) is 4.79 Å². The Morgan fingerprint density at radius 3 is 2.55 bits per heavy atom. The van der Waals surface area contributed by atoms with Crippen LogP contribution in [0.2, 0.25) is 0 Å². The van der Waals surface area contributed by atoms with Crippen LogP contribution in [-0.4, -0.2) is 17.7 Å². The van der Waals surface area contributed by atoms with E-state index in [-0.39, 0.29) is 12.4 Å². The summed E-state index contributed by atoms with van der Waals surface area (Å²) in [5.74, 6) is 0.231. The van der Waals surface area contributed by atoms with Crippen LogP contribution >= 0.6 is 0 Å². The number of aromatic hydroxyl groups is 1. The first-order valence-corrected chi connectivity index (χ1v) is 6.46. The van der Waals surface area contributed by atoms with Crippen molar-refractivity contribution in [2.24, 2.45) is 0 Å². The third kappa shape index (κ3) is 4.65. The zero-order chi connectivity index (χ0) is 14.2. The van der Waals surface area contributed by atoms with Crippen molar-refractivity contribution in [1.29, 1.82) is 0 Å². The zero-order valence-electron chi connectivity index (χ0n) is 11.1. The van der Waals surface area contributed by atoms with Crippen molar-refractivity contribution in [1.82, 2.24) is 5.32 Å². The summed E-state index contributed by atoms with van der Waals surface area (Å²) < 4.78 is 5.09. The Kier molecular flexibility index (Phi) is 5.00. The number of carbonyl (C=O) groups excluding carboxylic acids is 1. The van der Waals surface area contributed by atoms with Crippen molar-refractivity contribution < 1.29 is 14.6 Å². The third-order valence-electron chi connectivity index (χ3n) is 2.81. The highest BCUT2D eigenvalue weighted by atomic mass is 16.5. The average Bonchev–Trinajstić information content (AvgIpc) is 2.46. The largest absolute Gasteiger partial charge is 0.508 e. The highest BCUT2D eigenvalue weighted by Crippen LogP contribution is 2.10. The van der Waals surface area contributed by atoms with Crippen LogP contribution in [-0.2, 0) is 17.8 Å². The minimum Gasteiger partial charge on any atom is -0.508 e. The van der Waals surface area contributed by atoms with Crippen LogP contribution < -0.4 is 5.32 Å². The first-order chi connectivity index (χ1) is 9.74. The van der Waals surface area contributed by atoms with E-state index in [9.17, 15) is 9.90 Å². The molecule has 20 heavy (non-hydrogen) atoms. The first-order valence-electron chi connectivity index (χ1n) is 6.46. The van der Waals surface area contributed by atoms with Crippen LogP contribution in [0.4, 0.5) is 4.79 Å². The zero-order valence-corrected chi connectivity index (χ0v) is 11.1. The van der Waals surface area contributed by atoms with Gasteiger partial charge in [-0.1, -0.05) is 42.5 Å². The van der Waals surface area contributed by atoms with Crippen molar-refractivity contribution in [2.75, 3.05) is 6.54 Å². The number of nitrogens with one attached hydrogen (secondary N) is 1. The van der Waals surface area contributed by atoms with E-state index in [1.165, 1.54) is 0 Å². The molecule has 0 heterocycles. The maximum absolute atomic E-state index is 11.5. The molecule has 0 bridgehead atoms. The van der Waals surface area contributed by atoms with Crippen LogP contribution in [0, 0.1) is 0 Å². The summed E-state index contributed by atoms with van der Waals surface area (Å²) in [6.07, 6.45) is 0.212. The number of hydrogen-bond acceptors (Lipinski definition) is 3. The van der Waals surface area contributed by atoms with Gasteiger partial charge >= 0.3 is 6.09 Å². The molecule has 0 fully saturated rings. The van der Waals surface area contributed by atoms with Gasteiger partial charge in [0.05, 0.1) is 0 Å². The van der Waals surface area contributed by atoms with Gasteiger partial charge < -0.3 is 15.2 Å². The summed E-state index contributed by atoms with van der Waals surface area (Å²) in [6, 6.07) is 16.5. The second kappa shape index (κ2) is 7.19. The van der Waals surface area contributed by atoms with E-state index < -0.39 is 6.09 Å². The lowest BCUT2D eigenvalue weighted by Crippen LogP contribution is -2.26. The van der Waals surface area contributed by atoms with Crippen LogP contribution in [0.15, 0.2) is 54.6 Å². The Bertz CT molecular complexity index is 555. The van der Waals surface area contributed by atoms with Gasteiger partial charge in [0.25, 0.3) is 0 Å². The van der Waals surface area contributed by atoms with E-state index in [0.29, 0.717) is 13.0 Å². The van der Waals surface area contributed by atoms with Gasteiger partial charge in [0.2, 0.25) is 0 Å². The van der Waals surface area contributed by atoms with Gasteiger partial charge in [0.15, 0.2) is 0 Å². The maximum atomic E-state index is 11.5. The van der Waals surface area contributed by atoms with Gasteiger partial charge in [0, 0.05) is 6.54 Å². The molecule has 0 unspecified atom stereocenters. The van der Waals surface area contributed by atoms with Gasteiger partial charge in [-0.2, -0.15) is 0 Å². The molecule has 0 aliphatic rings. The molecule has 0 aliphatic carbocycles. The average molecular weight is 271 g/mol. The Morgan fingerprint density at radius 2 is 1.80 bits per heavy atom. The molecular weight excluding hydrogens is 254 g/mol. The van der Waals surface area contributed by atoms with Gasteiger partial charge in [-0.3, -0.25) is 0 Å². The molecule has 2 aromatic rings. The summed E-state index contributed by atoms with van der Waals surface area (Å²) >= 11 is 0. The number of benzene rings is 2. The summed E-state index contributed by atoms with van der Waals surface area (Å²) in [5, 5.41) is 12.0. The van der Waals surface area contributed by atoms with Crippen LogP contribution in [0.1, 0.15) is 11.1 Å². The molecular formula is C16H17NO3. The predicted molar refractivity (Wildman–Crippen MR) is 76.4 cm³/mol. The fraction of sp³-hybridized carbons (Fsp3) is 0.188. The molecule has 2 aromatic carbocycles. The summed E-state index contributed by atoms with van der Waals surface area (Å²) in [4.78, 5) is 11.5. The van der Waals surface area contributed by atoms with Gasteiger partial charge in [0.1, 0.15) is 12.4 Å². The summed E-state index contributed by atoms with van der Waals surface area (Å²) in [7, 11) is 0. The second-order valence-electron chi connectivity index (χ2n) is 4.41. The molecule has 0 spiro atoms. The number of alkyl carbamates (subject to hydrolysis) is 1. The molecule has 2 rings (SSSR count). The second-order valence-corrected chi connectivity index (χ2v) is 4.41. The minimum absolute atomic E-state index is 0.231. The van der Waals surface area contributed by atoms with E-state index in [1.807, 2.05) is 36.4 Å². The Morgan fingerprint density at radius 1 is 1.05 bits per heavy atom. The molecule has 0 saturated heterocycles. The molecule has 4 nitrogen and oxygen atoms in total. The Balaban J connectivity index is 1.68. The van der Waals surface area contributed by atoms with Crippen molar-refractivity contribution in [3.05, 3.63) is 65.7 Å². The Hall–Kier alpha value is -2.49. The minimum atomic E-state index is -0.436. The van der Waals surface area contributed by atoms with Crippen LogP contribution in [0.3, 0.4) is 0 Å². The number of amides is 1. The van der Waals surface area contributed by atoms with Gasteiger partial charge in [-0.05, 0) is 29.7 Å². The molecule has 1 amide bonds. The molecule has 0 atom stereocenters. The van der Waals surface area contributed by atoms with E-state index in [2.05, 4.69) is 5.32 Å². The van der Waals surface area contributed by atoms with Crippen molar-refractivity contribution in [3.63, 3.8) is 0 Å². The number of rotatable bonds is 5. The first kappa shape index (κ1) is 13.9. The van der Waals surface area contributed by atoms with E-state index in [1.54, 1.807) is 18.2 Å². The lowest BCUT2D eigenvalue weighted by molar-refractivity contribution is 0.140. The number of phenols is 1. The van der Waals surface area contributed by atoms with E-state index >= 15 is 0 Å². The van der Waals surface area contributed by atoms with Crippen molar-refractivity contribution in [3.8, 4) is 5.75 Å². The lowest BCUT2D eigenvalue weighted by Gasteiger charge is -2.07. The predicted octanol–water partition coefficient (Wildman–Crippen LogP) is 2.86. The standard InChI is InChI=1S/C16H17NO3/c18-15-8-4-7-13(11-15)9-10-17-16(19)20-12-14-5-2-1-3-6-14/h1-8,11,18H,9-10,12H2,(H,17,19). The number of ether oxygens (including phenoxy) is 1. The highest BCUT2D eigenvalue weighted by molar-refractivity contribution is 5.67. The van der Waals surface area contributed by atoms with Crippen LogP contribution in [0.25, 0.3) is 0 Å². The SMILES string of the molecule is O=C(NCCc1cccc(O)c1)OCc1ccccc1. The monoisotopic (exact) mass is 271 g/mol. The Labute approximate surface area is 118 Å². The number of phenolic OH excluding ortho intramolecular Hbond substituents is 1. The molecule has 2 N–H and O–H groups in total. The smallest absolute Gasteiger partial charge is 0.407 e. The van der Waals surface area contributed by atoms with Gasteiger partial charge in [-0.15, -0.1) is 0 Å². The normalized spacial score (nSPS) is 10.0. The fourth-order valence-corrected chi connectivity index (χ4v) is 1.80. The third-order valence-corrected chi connectivity index (χ3v) is 2.81. The maximum Gasteiger partial charge on any atom is 0.407 e. The molecule has 104 valence electrons. The number of hydrogen-bond donors (Lipinski definition) is 2. The molecule has 0 aliphatic heterocycles. The topological polar surface area (TPSA) is 58.6 Å². The molecule has 0 aromatic heterocycles. The molecule has 4 heteroatoms. The van der Waals surface area contributed by atoms with E-state index in [4.69, 9.17) is 4.74 Å².